The molecule has 0 aromatic carbocycles. The zero-order valence-corrected chi connectivity index (χ0v) is 18.8. The minimum absolute atomic E-state index is 0.222. The minimum Gasteiger partial charge on any atom is -0.450 e. The summed E-state index contributed by atoms with van der Waals surface area (Å²) in [6.45, 7) is 3.94. The van der Waals surface area contributed by atoms with Crippen molar-refractivity contribution in [2.75, 3.05) is 0 Å². The number of esters is 3. The van der Waals surface area contributed by atoms with E-state index in [0.29, 0.717) is 0 Å². The van der Waals surface area contributed by atoms with E-state index in [1.807, 2.05) is 0 Å². The molecule has 2 aliphatic rings. The molecule has 39 heavy (non-hydrogen) atoms. The highest BCUT2D eigenvalue weighted by Gasteiger charge is 2.81. The maximum absolute atomic E-state index is 14.0. The predicted molar refractivity (Wildman–Crippen MR) is 92.3 cm³/mol. The second-order valence-electron chi connectivity index (χ2n) is 8.67. The monoisotopic (exact) mass is 604 g/mol. The molecule has 3 atom stereocenters. The summed E-state index contributed by atoms with van der Waals surface area (Å²) in [5.41, 5.74) is -0.591. The van der Waals surface area contributed by atoms with Crippen LogP contribution < -0.4 is 0 Å². The molecular formula is C19H14F14O6. The SMILES string of the molecule is C=C(C)C(=O)OC1C2CCC(C2)C1(OC(=O)C(F)(F)C(F)(F)C(F)(F)F)OC(=O)C(F)(F)C(F)(F)C(F)(F)F. The molecule has 0 amide bonds. The summed E-state index contributed by atoms with van der Waals surface area (Å²) in [7, 11) is 0. The van der Waals surface area contributed by atoms with Crippen molar-refractivity contribution in [1.82, 2.24) is 0 Å². The normalized spacial score (nSPS) is 23.8. The Bertz CT molecular complexity index is 979. The van der Waals surface area contributed by atoms with Gasteiger partial charge in [-0.25, -0.2) is 14.4 Å². The lowest BCUT2D eigenvalue weighted by atomic mass is 9.90. The van der Waals surface area contributed by atoms with Crippen molar-refractivity contribution in [3.05, 3.63) is 12.2 Å². The maximum Gasteiger partial charge on any atom is 0.460 e. The van der Waals surface area contributed by atoms with Crippen molar-refractivity contribution in [3.8, 4) is 0 Å². The van der Waals surface area contributed by atoms with Gasteiger partial charge in [-0.1, -0.05) is 6.58 Å². The van der Waals surface area contributed by atoms with Crippen molar-refractivity contribution in [1.29, 1.82) is 0 Å². The van der Waals surface area contributed by atoms with E-state index in [-0.39, 0.29) is 6.42 Å². The van der Waals surface area contributed by atoms with Crippen LogP contribution in [0.1, 0.15) is 26.2 Å². The van der Waals surface area contributed by atoms with Crippen LogP contribution in [0.4, 0.5) is 61.5 Å². The number of alkyl halides is 14. The van der Waals surface area contributed by atoms with Crippen LogP contribution in [0.3, 0.4) is 0 Å². The summed E-state index contributed by atoms with van der Waals surface area (Å²) in [6, 6.07) is 0. The summed E-state index contributed by atoms with van der Waals surface area (Å²) in [5.74, 6) is -45.1. The van der Waals surface area contributed by atoms with E-state index in [0.717, 1.165) is 6.92 Å². The number of carbonyl (C=O) groups excluding carboxylic acids is 3. The van der Waals surface area contributed by atoms with E-state index in [1.165, 1.54) is 0 Å². The fraction of sp³-hybridized carbons (Fsp3) is 0.737. The van der Waals surface area contributed by atoms with E-state index in [1.54, 1.807) is 0 Å². The zero-order chi connectivity index (χ0) is 30.8. The zero-order valence-electron chi connectivity index (χ0n) is 18.8. The molecule has 0 radical (unpaired) electrons. The summed E-state index contributed by atoms with van der Waals surface area (Å²) >= 11 is 0. The Morgan fingerprint density at radius 1 is 0.718 bits per heavy atom. The molecule has 2 fully saturated rings. The van der Waals surface area contributed by atoms with Gasteiger partial charge in [0.1, 0.15) is 0 Å². The van der Waals surface area contributed by atoms with Crippen molar-refractivity contribution >= 4 is 17.9 Å². The summed E-state index contributed by atoms with van der Waals surface area (Å²) in [4.78, 5) is 35.8. The molecule has 0 aliphatic heterocycles. The van der Waals surface area contributed by atoms with Gasteiger partial charge >= 0.3 is 54.0 Å². The maximum atomic E-state index is 14.0. The van der Waals surface area contributed by atoms with Gasteiger partial charge in [0, 0.05) is 17.4 Å². The lowest BCUT2D eigenvalue weighted by Gasteiger charge is -2.42. The van der Waals surface area contributed by atoms with E-state index in [4.69, 9.17) is 0 Å². The quantitative estimate of drug-likeness (QED) is 0.161. The first-order valence-electron chi connectivity index (χ1n) is 10.2. The van der Waals surface area contributed by atoms with Gasteiger partial charge in [-0.3, -0.25) is 0 Å². The molecule has 0 saturated heterocycles. The molecular weight excluding hydrogens is 590 g/mol. The Hall–Kier alpha value is -2.83. The van der Waals surface area contributed by atoms with E-state index in [9.17, 15) is 75.8 Å². The van der Waals surface area contributed by atoms with Gasteiger partial charge in [0.2, 0.25) is 0 Å². The summed E-state index contributed by atoms with van der Waals surface area (Å²) in [5, 5.41) is 0. The largest absolute Gasteiger partial charge is 0.460 e. The number of hydrogen-bond acceptors (Lipinski definition) is 6. The molecule has 0 aromatic rings. The van der Waals surface area contributed by atoms with Crippen molar-refractivity contribution in [2.45, 2.75) is 74.1 Å². The van der Waals surface area contributed by atoms with Crippen molar-refractivity contribution in [2.24, 2.45) is 11.8 Å². The Morgan fingerprint density at radius 2 is 1.10 bits per heavy atom. The average Bonchev–Trinajstić information content (AvgIpc) is 3.33. The molecule has 0 aromatic heterocycles. The van der Waals surface area contributed by atoms with Crippen LogP contribution >= 0.6 is 0 Å². The Balaban J connectivity index is 2.65. The van der Waals surface area contributed by atoms with Crippen LogP contribution in [0.2, 0.25) is 0 Å². The summed E-state index contributed by atoms with van der Waals surface area (Å²) in [6.07, 6.45) is -18.4. The van der Waals surface area contributed by atoms with Crippen molar-refractivity contribution < 1.29 is 90.1 Å². The predicted octanol–water partition coefficient (Wildman–Crippen LogP) is 5.35. The molecule has 2 aliphatic carbocycles. The third-order valence-corrected chi connectivity index (χ3v) is 5.97. The van der Waals surface area contributed by atoms with E-state index >= 15 is 0 Å². The fourth-order valence-corrected chi connectivity index (χ4v) is 3.95. The van der Waals surface area contributed by atoms with Gasteiger partial charge in [-0.2, -0.15) is 61.5 Å². The number of fused-ring (bicyclic) bond motifs is 2. The molecule has 0 heterocycles. The molecule has 0 N–H and O–H groups in total. The smallest absolute Gasteiger partial charge is 0.450 e. The van der Waals surface area contributed by atoms with Crippen LogP contribution in [-0.2, 0) is 28.6 Å². The van der Waals surface area contributed by atoms with Gasteiger partial charge < -0.3 is 14.2 Å². The Labute approximate surface area is 207 Å². The highest BCUT2D eigenvalue weighted by Crippen LogP contribution is 2.57. The fourth-order valence-electron chi connectivity index (χ4n) is 3.95. The van der Waals surface area contributed by atoms with E-state index in [2.05, 4.69) is 20.8 Å². The van der Waals surface area contributed by atoms with Crippen LogP contribution in [0, 0.1) is 11.8 Å². The van der Waals surface area contributed by atoms with Gasteiger partial charge in [0.15, 0.2) is 6.10 Å². The lowest BCUT2D eigenvalue weighted by Crippen LogP contribution is -2.64. The Kier molecular flexibility index (Phi) is 7.79. The number of carbonyl (C=O) groups is 3. The van der Waals surface area contributed by atoms with Gasteiger partial charge in [-0.15, -0.1) is 0 Å². The van der Waals surface area contributed by atoms with Crippen LogP contribution in [0.15, 0.2) is 12.2 Å². The Morgan fingerprint density at radius 3 is 1.44 bits per heavy atom. The number of ether oxygens (including phenoxy) is 3. The molecule has 2 rings (SSSR count). The molecule has 2 saturated carbocycles. The second-order valence-corrected chi connectivity index (χ2v) is 8.67. The molecule has 224 valence electrons. The molecule has 2 bridgehead atoms. The van der Waals surface area contributed by atoms with Crippen LogP contribution in [-0.4, -0.2) is 65.8 Å². The third-order valence-electron chi connectivity index (χ3n) is 5.97. The number of rotatable bonds is 8. The standard InChI is InChI=1S/C19H14F14O6/c1-6(2)10(34)37-9-7-3-4-8(5-7)13(9,38-11(35)14(20,21)16(24,25)18(28,29)30)39-12(36)15(22,23)17(26,27)19(31,32)33/h7-9H,1,3-5H2,2H3. The highest BCUT2D eigenvalue weighted by atomic mass is 19.4. The molecule has 3 unspecified atom stereocenters. The summed E-state index contributed by atoms with van der Waals surface area (Å²) < 4.78 is 197. The highest BCUT2D eigenvalue weighted by molar-refractivity contribution is 5.87. The lowest BCUT2D eigenvalue weighted by molar-refractivity contribution is -0.366. The van der Waals surface area contributed by atoms with Gasteiger partial charge in [0.25, 0.3) is 5.79 Å². The first kappa shape index (κ1) is 32.4. The van der Waals surface area contributed by atoms with Crippen LogP contribution in [0.25, 0.3) is 0 Å². The third kappa shape index (κ3) is 4.98. The number of hydrogen-bond donors (Lipinski definition) is 0. The average molecular weight is 604 g/mol. The first-order chi connectivity index (χ1) is 17.2. The molecule has 0 spiro atoms. The van der Waals surface area contributed by atoms with Crippen molar-refractivity contribution in [3.63, 3.8) is 0 Å². The van der Waals surface area contributed by atoms with E-state index < -0.39 is 96.1 Å². The topological polar surface area (TPSA) is 78.9 Å². The second kappa shape index (κ2) is 9.38. The minimum atomic E-state index is -7.23. The first-order valence-corrected chi connectivity index (χ1v) is 10.2. The van der Waals surface area contributed by atoms with Crippen LogP contribution in [0.5, 0.6) is 0 Å². The van der Waals surface area contributed by atoms with Gasteiger partial charge in [-0.05, 0) is 26.2 Å². The number of halogens is 14. The molecule has 6 nitrogen and oxygen atoms in total. The van der Waals surface area contributed by atoms with Gasteiger partial charge in [0.05, 0.1) is 0 Å². The molecule has 20 heteroatoms.